The first-order valence-electron chi connectivity index (χ1n) is 6.14. The summed E-state index contributed by atoms with van der Waals surface area (Å²) in [6, 6.07) is -0.605. The highest BCUT2D eigenvalue weighted by Crippen LogP contribution is 2.15. The van der Waals surface area contributed by atoms with Crippen LogP contribution in [-0.2, 0) is 11.8 Å². The molecule has 0 spiro atoms. The van der Waals surface area contributed by atoms with E-state index in [4.69, 9.17) is 5.73 Å². The Kier molecular flexibility index (Phi) is 4.52. The second-order valence-corrected chi connectivity index (χ2v) is 4.52. The van der Waals surface area contributed by atoms with Gasteiger partial charge in [-0.3, -0.25) is 14.3 Å². The number of amides is 2. The Labute approximate surface area is 112 Å². The maximum absolute atomic E-state index is 12.1. The van der Waals surface area contributed by atoms with E-state index in [1.165, 1.54) is 4.68 Å². The van der Waals surface area contributed by atoms with Crippen molar-refractivity contribution in [3.63, 3.8) is 0 Å². The van der Waals surface area contributed by atoms with Gasteiger partial charge in [-0.2, -0.15) is 5.10 Å². The molecule has 1 rings (SSSR count). The Bertz CT molecular complexity index is 495. The number of nitrogen functional groups attached to an aromatic ring is 1. The molecule has 0 aliphatic rings. The first-order valence-corrected chi connectivity index (χ1v) is 6.14. The average molecular weight is 267 g/mol. The molecule has 0 aliphatic heterocycles. The standard InChI is InChI=1S/C12H21N5O2/c1-6-16(4)12(19)8(3)14-11(18)10-9(13)7(2)15-17(10)5/h8H,6,13H2,1-5H3,(H,14,18). The molecule has 0 aliphatic carbocycles. The molecule has 106 valence electrons. The molecule has 0 saturated carbocycles. The summed E-state index contributed by atoms with van der Waals surface area (Å²) in [5.41, 5.74) is 7.01. The number of nitrogens with one attached hydrogen (secondary N) is 1. The number of aryl methyl sites for hydroxylation is 2. The zero-order chi connectivity index (χ0) is 14.7. The van der Waals surface area contributed by atoms with Gasteiger partial charge < -0.3 is 16.0 Å². The van der Waals surface area contributed by atoms with Gasteiger partial charge in [-0.1, -0.05) is 0 Å². The van der Waals surface area contributed by atoms with E-state index in [1.54, 1.807) is 32.8 Å². The fourth-order valence-electron chi connectivity index (χ4n) is 1.76. The van der Waals surface area contributed by atoms with Gasteiger partial charge in [-0.05, 0) is 20.8 Å². The highest BCUT2D eigenvalue weighted by atomic mass is 16.2. The van der Waals surface area contributed by atoms with Crippen LogP contribution in [0.4, 0.5) is 5.69 Å². The van der Waals surface area contributed by atoms with Gasteiger partial charge in [-0.25, -0.2) is 0 Å². The van der Waals surface area contributed by atoms with Crippen molar-refractivity contribution in [2.45, 2.75) is 26.8 Å². The molecule has 19 heavy (non-hydrogen) atoms. The third-order valence-electron chi connectivity index (χ3n) is 3.05. The van der Waals surface area contributed by atoms with Crippen molar-refractivity contribution in [3.05, 3.63) is 11.4 Å². The van der Waals surface area contributed by atoms with E-state index < -0.39 is 11.9 Å². The van der Waals surface area contributed by atoms with Crippen molar-refractivity contribution in [2.75, 3.05) is 19.3 Å². The average Bonchev–Trinajstić information content (AvgIpc) is 2.61. The largest absolute Gasteiger partial charge is 0.395 e. The van der Waals surface area contributed by atoms with Gasteiger partial charge in [0.05, 0.1) is 11.4 Å². The van der Waals surface area contributed by atoms with Crippen LogP contribution in [0.3, 0.4) is 0 Å². The van der Waals surface area contributed by atoms with E-state index in [9.17, 15) is 9.59 Å². The Morgan fingerprint density at radius 1 is 1.53 bits per heavy atom. The molecule has 3 N–H and O–H groups in total. The lowest BCUT2D eigenvalue weighted by molar-refractivity contribution is -0.131. The molecule has 0 fully saturated rings. The maximum Gasteiger partial charge on any atom is 0.272 e. The third kappa shape index (κ3) is 3.04. The molecule has 1 atom stereocenters. The Morgan fingerprint density at radius 2 is 2.11 bits per heavy atom. The number of likely N-dealkylation sites (N-methyl/N-ethyl adjacent to an activating group) is 1. The van der Waals surface area contributed by atoms with Crippen molar-refractivity contribution < 1.29 is 9.59 Å². The molecule has 0 radical (unpaired) electrons. The number of nitrogens with zero attached hydrogens (tertiary/aromatic N) is 3. The van der Waals surface area contributed by atoms with E-state index in [1.807, 2.05) is 6.92 Å². The summed E-state index contributed by atoms with van der Waals surface area (Å²) >= 11 is 0. The molecule has 7 nitrogen and oxygen atoms in total. The van der Waals surface area contributed by atoms with Crippen molar-refractivity contribution >= 4 is 17.5 Å². The summed E-state index contributed by atoms with van der Waals surface area (Å²) in [5, 5.41) is 6.71. The summed E-state index contributed by atoms with van der Waals surface area (Å²) in [4.78, 5) is 25.5. The smallest absolute Gasteiger partial charge is 0.272 e. The van der Waals surface area contributed by atoms with Crippen LogP contribution in [0, 0.1) is 6.92 Å². The molecular formula is C12H21N5O2. The monoisotopic (exact) mass is 267 g/mol. The van der Waals surface area contributed by atoms with E-state index in [-0.39, 0.29) is 11.6 Å². The summed E-state index contributed by atoms with van der Waals surface area (Å²) in [6.45, 7) is 5.83. The zero-order valence-corrected chi connectivity index (χ0v) is 12.0. The second kappa shape index (κ2) is 5.73. The number of anilines is 1. The van der Waals surface area contributed by atoms with Crippen LogP contribution >= 0.6 is 0 Å². The Hall–Kier alpha value is -2.05. The minimum absolute atomic E-state index is 0.145. The fourth-order valence-corrected chi connectivity index (χ4v) is 1.76. The third-order valence-corrected chi connectivity index (χ3v) is 3.05. The topological polar surface area (TPSA) is 93.2 Å². The first-order chi connectivity index (χ1) is 8.79. The molecule has 7 heteroatoms. The molecule has 0 bridgehead atoms. The Morgan fingerprint density at radius 3 is 2.53 bits per heavy atom. The van der Waals surface area contributed by atoms with Crippen LogP contribution in [0.2, 0.25) is 0 Å². The lowest BCUT2D eigenvalue weighted by Crippen LogP contribution is -2.45. The number of hydrogen-bond acceptors (Lipinski definition) is 4. The van der Waals surface area contributed by atoms with Crippen LogP contribution in [0.25, 0.3) is 0 Å². The van der Waals surface area contributed by atoms with Gasteiger partial charge in [0.2, 0.25) is 5.91 Å². The van der Waals surface area contributed by atoms with E-state index in [0.717, 1.165) is 0 Å². The summed E-state index contributed by atoms with van der Waals surface area (Å²) in [6.07, 6.45) is 0. The zero-order valence-electron chi connectivity index (χ0n) is 12.0. The molecule has 1 aromatic rings. The van der Waals surface area contributed by atoms with Gasteiger partial charge in [0.1, 0.15) is 11.7 Å². The van der Waals surface area contributed by atoms with Crippen molar-refractivity contribution in [1.29, 1.82) is 0 Å². The van der Waals surface area contributed by atoms with Crippen LogP contribution in [0.15, 0.2) is 0 Å². The highest BCUT2D eigenvalue weighted by Gasteiger charge is 2.23. The maximum atomic E-state index is 12.1. The van der Waals surface area contributed by atoms with Crippen LogP contribution in [0.5, 0.6) is 0 Å². The van der Waals surface area contributed by atoms with Gasteiger partial charge in [0.15, 0.2) is 0 Å². The van der Waals surface area contributed by atoms with Gasteiger partial charge in [0.25, 0.3) is 5.91 Å². The van der Waals surface area contributed by atoms with Crippen molar-refractivity contribution in [2.24, 2.45) is 7.05 Å². The van der Waals surface area contributed by atoms with Gasteiger partial charge in [0, 0.05) is 20.6 Å². The van der Waals surface area contributed by atoms with Crippen molar-refractivity contribution in [3.8, 4) is 0 Å². The summed E-state index contributed by atoms with van der Waals surface area (Å²) in [5.74, 6) is -0.542. The molecule has 1 aromatic heterocycles. The Balaban J connectivity index is 2.83. The molecular weight excluding hydrogens is 246 g/mol. The predicted octanol–water partition coefficient (Wildman–Crippen LogP) is -0.0927. The molecule has 0 aromatic carbocycles. The minimum atomic E-state index is -0.605. The summed E-state index contributed by atoms with van der Waals surface area (Å²) in [7, 11) is 3.33. The van der Waals surface area contributed by atoms with Gasteiger partial charge >= 0.3 is 0 Å². The number of carbonyl (C=O) groups is 2. The number of nitrogens with two attached hydrogens (primary N) is 1. The number of hydrogen-bond donors (Lipinski definition) is 2. The molecule has 2 amide bonds. The molecule has 0 saturated heterocycles. The molecule has 1 heterocycles. The van der Waals surface area contributed by atoms with Crippen LogP contribution in [-0.4, -0.2) is 46.1 Å². The second-order valence-electron chi connectivity index (χ2n) is 4.52. The number of carbonyl (C=O) groups excluding carboxylic acids is 2. The van der Waals surface area contributed by atoms with E-state index in [0.29, 0.717) is 17.9 Å². The molecule has 1 unspecified atom stereocenters. The quantitative estimate of drug-likeness (QED) is 0.797. The summed E-state index contributed by atoms with van der Waals surface area (Å²) < 4.78 is 1.42. The SMILES string of the molecule is CCN(C)C(=O)C(C)NC(=O)c1c(N)c(C)nn1C. The number of rotatable bonds is 4. The number of aromatic nitrogens is 2. The lowest BCUT2D eigenvalue weighted by Gasteiger charge is -2.20. The van der Waals surface area contributed by atoms with Gasteiger partial charge in [-0.15, -0.1) is 0 Å². The van der Waals surface area contributed by atoms with E-state index in [2.05, 4.69) is 10.4 Å². The predicted molar refractivity (Wildman–Crippen MR) is 72.6 cm³/mol. The highest BCUT2D eigenvalue weighted by molar-refractivity contribution is 6.00. The van der Waals surface area contributed by atoms with E-state index >= 15 is 0 Å². The van der Waals surface area contributed by atoms with Crippen LogP contribution in [0.1, 0.15) is 30.0 Å². The lowest BCUT2D eigenvalue weighted by atomic mass is 10.2. The first kappa shape index (κ1) is 15.0. The normalized spacial score (nSPS) is 12.1. The van der Waals surface area contributed by atoms with Crippen LogP contribution < -0.4 is 11.1 Å². The van der Waals surface area contributed by atoms with Crippen molar-refractivity contribution in [1.82, 2.24) is 20.0 Å². The minimum Gasteiger partial charge on any atom is -0.395 e. The fraction of sp³-hybridized carbons (Fsp3) is 0.583.